The van der Waals surface area contributed by atoms with Crippen LogP contribution in [0.1, 0.15) is 30.7 Å². The molecule has 0 aromatic carbocycles. The van der Waals surface area contributed by atoms with Gasteiger partial charge < -0.3 is 15.0 Å². The number of aryl methyl sites for hydroxylation is 1. The summed E-state index contributed by atoms with van der Waals surface area (Å²) < 4.78 is 8.65. The maximum Gasteiger partial charge on any atom is 0.332 e. The predicted molar refractivity (Wildman–Crippen MR) is 113 cm³/mol. The van der Waals surface area contributed by atoms with Crippen LogP contribution in [-0.2, 0) is 24.4 Å². The third-order valence-corrected chi connectivity index (χ3v) is 6.98. The van der Waals surface area contributed by atoms with Crippen LogP contribution < -0.4 is 16.6 Å². The van der Waals surface area contributed by atoms with Crippen LogP contribution in [0.25, 0.3) is 10.2 Å². The molecule has 2 aromatic heterocycles. The largest absolute Gasteiger partial charge is 0.381 e. The van der Waals surface area contributed by atoms with Gasteiger partial charge >= 0.3 is 11.7 Å². The van der Waals surface area contributed by atoms with Gasteiger partial charge in [0.05, 0.1) is 18.5 Å². The van der Waals surface area contributed by atoms with Gasteiger partial charge in [0.2, 0.25) is 0 Å². The molecule has 2 fully saturated rings. The zero-order chi connectivity index (χ0) is 20.7. The van der Waals surface area contributed by atoms with Gasteiger partial charge in [0.1, 0.15) is 4.83 Å². The molecule has 0 aliphatic carbocycles. The summed E-state index contributed by atoms with van der Waals surface area (Å²) in [6.45, 7) is 9.98. The van der Waals surface area contributed by atoms with E-state index in [0.29, 0.717) is 51.3 Å². The molecule has 1 atom stereocenters. The van der Waals surface area contributed by atoms with Crippen LogP contribution >= 0.6 is 11.3 Å². The van der Waals surface area contributed by atoms with Gasteiger partial charge in [0, 0.05) is 43.6 Å². The molecular weight excluding hydrogens is 392 g/mol. The quantitative estimate of drug-likeness (QED) is 0.772. The van der Waals surface area contributed by atoms with Crippen molar-refractivity contribution in [3.63, 3.8) is 0 Å². The lowest BCUT2D eigenvalue weighted by atomic mass is 10.1. The first-order valence-corrected chi connectivity index (χ1v) is 11.0. The van der Waals surface area contributed by atoms with E-state index in [4.69, 9.17) is 4.74 Å². The third-order valence-electron chi connectivity index (χ3n) is 5.69. The van der Waals surface area contributed by atoms with E-state index in [1.807, 2.05) is 20.8 Å². The van der Waals surface area contributed by atoms with Gasteiger partial charge in [-0.05, 0) is 24.8 Å². The van der Waals surface area contributed by atoms with E-state index in [1.165, 1.54) is 15.9 Å². The Kier molecular flexibility index (Phi) is 5.52. The Morgan fingerprint density at radius 1 is 1.24 bits per heavy atom. The van der Waals surface area contributed by atoms with Crippen molar-refractivity contribution < 1.29 is 9.53 Å². The number of urea groups is 1. The standard InChI is InChI=1S/C20H28N4O4S/c1-12(2)8-23-17(25)16-13(3)15(10-22-6-5-21-19(22)26)29-18(16)24(20(23)27)9-14-4-7-28-11-14/h12,14H,4-11H2,1-3H3,(H,21,26). The zero-order valence-corrected chi connectivity index (χ0v) is 18.0. The van der Waals surface area contributed by atoms with Gasteiger partial charge in [-0.25, -0.2) is 9.59 Å². The average molecular weight is 421 g/mol. The SMILES string of the molecule is Cc1c(CN2CCNC2=O)sc2c1c(=O)n(CC(C)C)c(=O)n2CC1CCOC1. The topological polar surface area (TPSA) is 85.6 Å². The molecule has 2 amide bonds. The van der Waals surface area contributed by atoms with E-state index < -0.39 is 0 Å². The molecule has 1 unspecified atom stereocenters. The van der Waals surface area contributed by atoms with Gasteiger partial charge in [-0.2, -0.15) is 0 Å². The smallest absolute Gasteiger partial charge is 0.332 e. The number of rotatable bonds is 6. The predicted octanol–water partition coefficient (Wildman–Crippen LogP) is 1.75. The third kappa shape index (κ3) is 3.73. The van der Waals surface area contributed by atoms with E-state index in [0.717, 1.165) is 21.7 Å². The number of hydrogen-bond acceptors (Lipinski definition) is 5. The Labute approximate surface area is 173 Å². The minimum Gasteiger partial charge on any atom is -0.381 e. The Morgan fingerprint density at radius 2 is 2.03 bits per heavy atom. The van der Waals surface area contributed by atoms with Crippen molar-refractivity contribution in [2.75, 3.05) is 26.3 Å². The van der Waals surface area contributed by atoms with Gasteiger partial charge in [-0.3, -0.25) is 13.9 Å². The van der Waals surface area contributed by atoms with Crippen molar-refractivity contribution >= 4 is 27.6 Å². The lowest BCUT2D eigenvalue weighted by Gasteiger charge is -2.15. The summed E-state index contributed by atoms with van der Waals surface area (Å²) in [5.74, 6) is 0.462. The van der Waals surface area contributed by atoms with Crippen molar-refractivity contribution in [3.8, 4) is 0 Å². The molecule has 4 heterocycles. The number of hydrogen-bond donors (Lipinski definition) is 1. The van der Waals surface area contributed by atoms with Crippen LogP contribution in [0.4, 0.5) is 4.79 Å². The highest BCUT2D eigenvalue weighted by atomic mass is 32.1. The Bertz CT molecular complexity index is 1050. The normalized spacial score (nSPS) is 19.7. The number of fused-ring (bicyclic) bond motifs is 1. The fourth-order valence-electron chi connectivity index (χ4n) is 4.10. The maximum atomic E-state index is 13.3. The van der Waals surface area contributed by atoms with Crippen LogP contribution in [0.15, 0.2) is 9.59 Å². The molecule has 1 N–H and O–H groups in total. The van der Waals surface area contributed by atoms with Crippen molar-refractivity contribution in [3.05, 3.63) is 31.3 Å². The molecule has 2 aliphatic heterocycles. The second-order valence-corrected chi connectivity index (χ2v) is 9.50. The molecule has 0 radical (unpaired) electrons. The molecule has 158 valence electrons. The number of amides is 2. The summed E-state index contributed by atoms with van der Waals surface area (Å²) in [7, 11) is 0. The molecule has 2 saturated heterocycles. The summed E-state index contributed by atoms with van der Waals surface area (Å²) in [6.07, 6.45) is 0.919. The molecule has 0 saturated carbocycles. The van der Waals surface area contributed by atoms with Crippen LogP contribution in [0.2, 0.25) is 0 Å². The van der Waals surface area contributed by atoms with Crippen LogP contribution in [0.5, 0.6) is 0 Å². The molecule has 29 heavy (non-hydrogen) atoms. The first-order valence-electron chi connectivity index (χ1n) is 10.2. The van der Waals surface area contributed by atoms with Gasteiger partial charge in [0.25, 0.3) is 5.56 Å². The molecule has 8 nitrogen and oxygen atoms in total. The number of thiophene rings is 1. The minimum atomic E-state index is -0.241. The molecule has 2 aromatic rings. The Hall–Kier alpha value is -2.13. The number of ether oxygens (including phenoxy) is 1. The zero-order valence-electron chi connectivity index (χ0n) is 17.2. The van der Waals surface area contributed by atoms with E-state index in [9.17, 15) is 14.4 Å². The van der Waals surface area contributed by atoms with E-state index >= 15 is 0 Å². The van der Waals surface area contributed by atoms with E-state index in [1.54, 1.807) is 9.47 Å². The number of aromatic nitrogens is 2. The highest BCUT2D eigenvalue weighted by molar-refractivity contribution is 7.18. The first-order chi connectivity index (χ1) is 13.9. The van der Waals surface area contributed by atoms with E-state index in [2.05, 4.69) is 5.32 Å². The van der Waals surface area contributed by atoms with Crippen LogP contribution in [-0.4, -0.2) is 46.4 Å². The summed E-state index contributed by atoms with van der Waals surface area (Å²) in [5.41, 5.74) is 0.418. The number of nitrogens with one attached hydrogen (secondary N) is 1. The second-order valence-electron chi connectivity index (χ2n) is 8.42. The van der Waals surface area contributed by atoms with Crippen molar-refractivity contribution in [1.82, 2.24) is 19.4 Å². The van der Waals surface area contributed by atoms with Gasteiger partial charge in [0.15, 0.2) is 0 Å². The Balaban J connectivity index is 1.85. The monoisotopic (exact) mass is 420 g/mol. The van der Waals surface area contributed by atoms with Crippen molar-refractivity contribution in [2.24, 2.45) is 11.8 Å². The fourth-order valence-corrected chi connectivity index (χ4v) is 5.41. The van der Waals surface area contributed by atoms with Gasteiger partial charge in [-0.1, -0.05) is 13.8 Å². The number of carbonyl (C=O) groups excluding carboxylic acids is 1. The molecule has 2 aliphatic rings. The lowest BCUT2D eigenvalue weighted by molar-refractivity contribution is 0.182. The molecule has 4 rings (SSSR count). The highest BCUT2D eigenvalue weighted by Gasteiger charge is 2.26. The molecular formula is C20H28N4O4S. The highest BCUT2D eigenvalue weighted by Crippen LogP contribution is 2.30. The summed E-state index contributed by atoms with van der Waals surface area (Å²) >= 11 is 1.47. The summed E-state index contributed by atoms with van der Waals surface area (Å²) in [4.78, 5) is 41.9. The molecule has 9 heteroatoms. The molecule has 0 spiro atoms. The maximum absolute atomic E-state index is 13.3. The number of nitrogens with zero attached hydrogens (tertiary/aromatic N) is 3. The lowest BCUT2D eigenvalue weighted by Crippen LogP contribution is -2.41. The Morgan fingerprint density at radius 3 is 2.66 bits per heavy atom. The van der Waals surface area contributed by atoms with Gasteiger partial charge in [-0.15, -0.1) is 11.3 Å². The summed E-state index contributed by atoms with van der Waals surface area (Å²) in [6, 6.07) is -0.0837. The average Bonchev–Trinajstić information content (AvgIpc) is 3.39. The summed E-state index contributed by atoms with van der Waals surface area (Å²) in [5, 5.41) is 3.43. The second kappa shape index (κ2) is 7.95. The van der Waals surface area contributed by atoms with E-state index in [-0.39, 0.29) is 29.1 Å². The first kappa shape index (κ1) is 20.2. The van der Waals surface area contributed by atoms with Crippen LogP contribution in [0, 0.1) is 18.8 Å². The fraction of sp³-hybridized carbons (Fsp3) is 0.650. The van der Waals surface area contributed by atoms with Crippen molar-refractivity contribution in [1.29, 1.82) is 0 Å². The molecule has 0 bridgehead atoms. The number of carbonyl (C=O) groups is 1. The van der Waals surface area contributed by atoms with Crippen molar-refractivity contribution in [2.45, 2.75) is 46.8 Å². The van der Waals surface area contributed by atoms with Crippen LogP contribution in [0.3, 0.4) is 0 Å². The minimum absolute atomic E-state index is 0.0837.